The second-order valence-corrected chi connectivity index (χ2v) is 7.78. The van der Waals surface area contributed by atoms with E-state index in [1.54, 1.807) is 6.92 Å². The molecule has 0 aromatic heterocycles. The van der Waals surface area contributed by atoms with Gasteiger partial charge in [-0.2, -0.15) is 0 Å². The minimum Gasteiger partial charge on any atom is -0.468 e. The van der Waals surface area contributed by atoms with Crippen LogP contribution in [0.4, 0.5) is 0 Å². The van der Waals surface area contributed by atoms with Crippen molar-refractivity contribution in [3.8, 4) is 0 Å². The minimum absolute atomic E-state index is 0.0200. The number of esters is 2. The Morgan fingerprint density at radius 3 is 1.88 bits per heavy atom. The summed E-state index contributed by atoms with van der Waals surface area (Å²) in [6.07, 6.45) is 1.13. The summed E-state index contributed by atoms with van der Waals surface area (Å²) in [6, 6.07) is 9.12. The zero-order valence-corrected chi connectivity index (χ0v) is 16.6. The first-order valence-electron chi connectivity index (χ1n) is 8.85. The number of ether oxygens (including phenoxy) is 2. The van der Waals surface area contributed by atoms with Gasteiger partial charge in [0.2, 0.25) is 0 Å². The zero-order valence-electron chi connectivity index (χ0n) is 16.6. The summed E-state index contributed by atoms with van der Waals surface area (Å²) in [4.78, 5) is 37.5. The lowest BCUT2D eigenvalue weighted by molar-refractivity contribution is -0.160. The van der Waals surface area contributed by atoms with Gasteiger partial charge in [-0.15, -0.1) is 0 Å². The lowest BCUT2D eigenvalue weighted by atomic mass is 9.74. The SMILES string of the molecule is COC(=O)C(C(=O)OC)[C@@H](c1ccccc1)[C@@H](C)C(=O)CCC(C)(C)C. The topological polar surface area (TPSA) is 69.7 Å². The largest absolute Gasteiger partial charge is 0.468 e. The lowest BCUT2D eigenvalue weighted by Gasteiger charge is -2.29. The number of rotatable bonds is 8. The summed E-state index contributed by atoms with van der Waals surface area (Å²) in [5.74, 6) is -3.71. The molecule has 0 radical (unpaired) electrons. The number of benzene rings is 1. The maximum Gasteiger partial charge on any atom is 0.320 e. The second-order valence-electron chi connectivity index (χ2n) is 7.78. The average molecular weight is 362 g/mol. The van der Waals surface area contributed by atoms with Crippen LogP contribution < -0.4 is 0 Å². The van der Waals surface area contributed by atoms with Crippen LogP contribution in [0.3, 0.4) is 0 Å². The van der Waals surface area contributed by atoms with E-state index in [0.29, 0.717) is 6.42 Å². The number of hydrogen-bond acceptors (Lipinski definition) is 5. The molecule has 1 aromatic rings. The van der Waals surface area contributed by atoms with Crippen molar-refractivity contribution in [3.05, 3.63) is 35.9 Å². The monoisotopic (exact) mass is 362 g/mol. The second kappa shape index (κ2) is 9.51. The van der Waals surface area contributed by atoms with Crippen LogP contribution in [0.5, 0.6) is 0 Å². The van der Waals surface area contributed by atoms with Crippen LogP contribution in [0, 0.1) is 17.3 Å². The van der Waals surface area contributed by atoms with Crippen LogP contribution in [0.2, 0.25) is 0 Å². The fraction of sp³-hybridized carbons (Fsp3) is 0.571. The minimum atomic E-state index is -1.18. The first-order chi connectivity index (χ1) is 12.1. The van der Waals surface area contributed by atoms with Crippen molar-refractivity contribution < 1.29 is 23.9 Å². The van der Waals surface area contributed by atoms with E-state index in [-0.39, 0.29) is 11.2 Å². The molecule has 0 N–H and O–H groups in total. The van der Waals surface area contributed by atoms with Crippen LogP contribution in [-0.4, -0.2) is 31.9 Å². The summed E-state index contributed by atoms with van der Waals surface area (Å²) in [6.45, 7) is 7.99. The zero-order chi connectivity index (χ0) is 19.9. The highest BCUT2D eigenvalue weighted by Gasteiger charge is 2.42. The van der Waals surface area contributed by atoms with Gasteiger partial charge in [0.1, 0.15) is 5.78 Å². The summed E-state index contributed by atoms with van der Waals surface area (Å²) >= 11 is 0. The molecule has 5 heteroatoms. The van der Waals surface area contributed by atoms with Gasteiger partial charge in [0.05, 0.1) is 14.2 Å². The first-order valence-corrected chi connectivity index (χ1v) is 8.85. The Hall–Kier alpha value is -2.17. The summed E-state index contributed by atoms with van der Waals surface area (Å²) in [5.41, 5.74) is 0.770. The van der Waals surface area contributed by atoms with Crippen LogP contribution in [0.1, 0.15) is 52.0 Å². The number of hydrogen-bond donors (Lipinski definition) is 0. The highest BCUT2D eigenvalue weighted by atomic mass is 16.5. The Kier molecular flexibility index (Phi) is 8.00. The van der Waals surface area contributed by atoms with Crippen molar-refractivity contribution >= 4 is 17.7 Å². The normalized spacial score (nSPS) is 13.8. The number of carbonyl (C=O) groups excluding carboxylic acids is 3. The summed E-state index contributed by atoms with van der Waals surface area (Å²) in [5, 5.41) is 0. The molecule has 0 aliphatic carbocycles. The smallest absolute Gasteiger partial charge is 0.320 e. The molecule has 0 saturated carbocycles. The third kappa shape index (κ3) is 5.97. The van der Waals surface area contributed by atoms with Crippen LogP contribution in [-0.2, 0) is 23.9 Å². The van der Waals surface area contributed by atoms with Crippen molar-refractivity contribution in [2.24, 2.45) is 17.3 Å². The molecule has 0 heterocycles. The molecule has 1 aromatic carbocycles. The van der Waals surface area contributed by atoms with Gasteiger partial charge in [-0.05, 0) is 17.4 Å². The molecule has 0 aliphatic rings. The van der Waals surface area contributed by atoms with E-state index < -0.39 is 29.7 Å². The molecule has 0 aliphatic heterocycles. The van der Waals surface area contributed by atoms with Gasteiger partial charge in [0.15, 0.2) is 5.92 Å². The van der Waals surface area contributed by atoms with E-state index >= 15 is 0 Å². The van der Waals surface area contributed by atoms with Crippen LogP contribution in [0.15, 0.2) is 30.3 Å². The van der Waals surface area contributed by atoms with Crippen molar-refractivity contribution in [1.29, 1.82) is 0 Å². The van der Waals surface area contributed by atoms with Crippen molar-refractivity contribution in [3.63, 3.8) is 0 Å². The Bertz CT molecular complexity index is 599. The first kappa shape index (κ1) is 21.9. The Morgan fingerprint density at radius 2 is 1.46 bits per heavy atom. The number of Topliss-reactive ketones (excluding diaryl/α,β-unsaturated/α-hetero) is 1. The molecule has 1 rings (SSSR count). The molecule has 26 heavy (non-hydrogen) atoms. The molecular weight excluding hydrogens is 332 g/mol. The number of methoxy groups -OCH3 is 2. The van der Waals surface area contributed by atoms with E-state index in [4.69, 9.17) is 9.47 Å². The molecule has 0 saturated heterocycles. The maximum atomic E-state index is 12.8. The van der Waals surface area contributed by atoms with E-state index in [0.717, 1.165) is 12.0 Å². The van der Waals surface area contributed by atoms with Gasteiger partial charge in [0, 0.05) is 18.3 Å². The maximum absolute atomic E-state index is 12.8. The highest BCUT2D eigenvalue weighted by Crippen LogP contribution is 2.36. The Balaban J connectivity index is 3.25. The molecule has 5 nitrogen and oxygen atoms in total. The third-order valence-corrected chi connectivity index (χ3v) is 4.62. The van der Waals surface area contributed by atoms with Crippen molar-refractivity contribution in [2.75, 3.05) is 14.2 Å². The summed E-state index contributed by atoms with van der Waals surface area (Å²) < 4.78 is 9.66. The molecule has 0 amide bonds. The van der Waals surface area contributed by atoms with E-state index in [9.17, 15) is 14.4 Å². The van der Waals surface area contributed by atoms with Gasteiger partial charge >= 0.3 is 11.9 Å². The fourth-order valence-corrected chi connectivity index (χ4v) is 3.01. The third-order valence-electron chi connectivity index (χ3n) is 4.62. The van der Waals surface area contributed by atoms with Gasteiger partial charge < -0.3 is 9.47 Å². The average Bonchev–Trinajstić information content (AvgIpc) is 2.62. The van der Waals surface area contributed by atoms with Crippen LogP contribution >= 0.6 is 0 Å². The van der Waals surface area contributed by atoms with E-state index in [2.05, 4.69) is 20.8 Å². The van der Waals surface area contributed by atoms with Crippen LogP contribution in [0.25, 0.3) is 0 Å². The van der Waals surface area contributed by atoms with E-state index in [1.807, 2.05) is 30.3 Å². The van der Waals surface area contributed by atoms with Gasteiger partial charge in [-0.25, -0.2) is 0 Å². The fourth-order valence-electron chi connectivity index (χ4n) is 3.01. The lowest BCUT2D eigenvalue weighted by Crippen LogP contribution is -2.37. The molecule has 2 atom stereocenters. The quantitative estimate of drug-likeness (QED) is 0.520. The molecule has 144 valence electrons. The molecule has 0 spiro atoms. The van der Waals surface area contributed by atoms with Crippen molar-refractivity contribution in [1.82, 2.24) is 0 Å². The van der Waals surface area contributed by atoms with Crippen molar-refractivity contribution in [2.45, 2.75) is 46.5 Å². The predicted octanol–water partition coefficient (Wildman–Crippen LogP) is 3.76. The van der Waals surface area contributed by atoms with E-state index in [1.165, 1.54) is 14.2 Å². The molecule has 0 fully saturated rings. The Morgan fingerprint density at radius 1 is 0.962 bits per heavy atom. The van der Waals surface area contributed by atoms with Gasteiger partial charge in [0.25, 0.3) is 0 Å². The number of carbonyl (C=O) groups is 3. The van der Waals surface area contributed by atoms with Gasteiger partial charge in [-0.3, -0.25) is 14.4 Å². The predicted molar refractivity (Wildman–Crippen MR) is 99.6 cm³/mol. The van der Waals surface area contributed by atoms with Gasteiger partial charge in [-0.1, -0.05) is 58.0 Å². The summed E-state index contributed by atoms with van der Waals surface area (Å²) in [7, 11) is 2.46. The highest BCUT2D eigenvalue weighted by molar-refractivity contribution is 5.97. The Labute approximate surface area is 156 Å². The molecular formula is C21H30O5. The molecule has 0 unspecified atom stereocenters. The molecule has 0 bridgehead atoms. The number of ketones is 1. The standard InChI is InChI=1S/C21H30O5/c1-14(16(22)12-13-21(2,3)4)17(15-10-8-7-9-11-15)18(19(23)25-5)20(24)26-6/h7-11,14,17-18H,12-13H2,1-6H3/t14-,17+/m0/s1.